The molecule has 12 aromatic rings. The average molecular weight is 896 g/mol. The Morgan fingerprint density at radius 1 is 0.275 bits per heavy atom. The van der Waals surface area contributed by atoms with Crippen LogP contribution in [0.5, 0.6) is 0 Å². The van der Waals surface area contributed by atoms with Gasteiger partial charge in [-0.15, -0.1) is 11.3 Å². The zero-order valence-electron chi connectivity index (χ0n) is 37.8. The molecule has 11 aromatic carbocycles. The van der Waals surface area contributed by atoms with Crippen LogP contribution in [-0.2, 0) is 5.41 Å². The van der Waals surface area contributed by atoms with Gasteiger partial charge in [-0.1, -0.05) is 224 Å². The van der Waals surface area contributed by atoms with Crippen molar-refractivity contribution < 1.29 is 0 Å². The summed E-state index contributed by atoms with van der Waals surface area (Å²) < 4.78 is 2.57. The van der Waals surface area contributed by atoms with Gasteiger partial charge in [0, 0.05) is 37.1 Å². The normalized spacial score (nSPS) is 12.5. The van der Waals surface area contributed by atoms with Crippen LogP contribution in [-0.4, -0.2) is 0 Å². The monoisotopic (exact) mass is 895 g/mol. The number of anilines is 3. The molecule has 1 aliphatic carbocycles. The Labute approximate surface area is 407 Å². The van der Waals surface area contributed by atoms with Gasteiger partial charge in [-0.25, -0.2) is 0 Å². The second-order valence-corrected chi connectivity index (χ2v) is 19.1. The standard InChI is InChI=1S/C67H45NS/c1-6-18-46(19-7-1)49-30-32-50(33-31-49)57-38-34-52(48-22-10-3-11-23-48)43-64(57)68(55-37-41-66-61(44-55)60-28-16-17-29-65(60)69-66)56-36-40-59-58-39-35-51(47-20-8-2-9-21-47)42-62(58)67(63(59)45-56,53-24-12-4-13-25-53)54-26-14-5-15-27-54/h1-45H. The Kier molecular flexibility index (Phi) is 10.00. The summed E-state index contributed by atoms with van der Waals surface area (Å²) in [4.78, 5) is 2.53. The molecular weight excluding hydrogens is 851 g/mol. The van der Waals surface area contributed by atoms with Gasteiger partial charge in [0.15, 0.2) is 0 Å². The highest BCUT2D eigenvalue weighted by Crippen LogP contribution is 2.58. The third kappa shape index (κ3) is 6.91. The fourth-order valence-electron chi connectivity index (χ4n) is 11.0. The summed E-state index contributed by atoms with van der Waals surface area (Å²) in [5, 5.41) is 2.54. The van der Waals surface area contributed by atoms with E-state index in [9.17, 15) is 0 Å². The Bertz CT molecular complexity index is 3760. The van der Waals surface area contributed by atoms with Crippen LogP contribution in [0.25, 0.3) is 75.8 Å². The smallest absolute Gasteiger partial charge is 0.0714 e. The molecule has 1 heterocycles. The lowest BCUT2D eigenvalue weighted by Gasteiger charge is -2.35. The maximum atomic E-state index is 2.53. The fraction of sp³-hybridized carbons (Fsp3) is 0.0149. The zero-order valence-corrected chi connectivity index (χ0v) is 38.7. The fourth-order valence-corrected chi connectivity index (χ4v) is 12.0. The molecule has 0 saturated carbocycles. The minimum atomic E-state index is -0.616. The van der Waals surface area contributed by atoms with Crippen molar-refractivity contribution in [3.05, 3.63) is 295 Å². The number of hydrogen-bond donors (Lipinski definition) is 0. The number of benzene rings is 11. The minimum Gasteiger partial charge on any atom is -0.310 e. The molecular formula is C67H45NS. The maximum Gasteiger partial charge on any atom is 0.0714 e. The Balaban J connectivity index is 1.10. The molecule has 0 amide bonds. The molecule has 1 aromatic heterocycles. The van der Waals surface area contributed by atoms with Crippen molar-refractivity contribution in [3.63, 3.8) is 0 Å². The predicted molar refractivity (Wildman–Crippen MR) is 293 cm³/mol. The van der Waals surface area contributed by atoms with E-state index in [-0.39, 0.29) is 0 Å². The molecule has 0 N–H and O–H groups in total. The summed E-state index contributed by atoms with van der Waals surface area (Å²) in [7, 11) is 0. The summed E-state index contributed by atoms with van der Waals surface area (Å²) in [6.07, 6.45) is 0. The highest BCUT2D eigenvalue weighted by molar-refractivity contribution is 7.25. The van der Waals surface area contributed by atoms with Crippen LogP contribution in [0.4, 0.5) is 17.1 Å². The van der Waals surface area contributed by atoms with Gasteiger partial charge in [-0.2, -0.15) is 0 Å². The van der Waals surface area contributed by atoms with Crippen molar-refractivity contribution in [2.75, 3.05) is 4.90 Å². The van der Waals surface area contributed by atoms with Gasteiger partial charge in [0.05, 0.1) is 11.1 Å². The average Bonchev–Trinajstić information content (AvgIpc) is 3.95. The molecule has 0 atom stereocenters. The van der Waals surface area contributed by atoms with E-state index in [4.69, 9.17) is 0 Å². The van der Waals surface area contributed by atoms with Gasteiger partial charge in [0.2, 0.25) is 0 Å². The molecule has 324 valence electrons. The lowest BCUT2D eigenvalue weighted by molar-refractivity contribution is 0.768. The third-order valence-corrected chi connectivity index (χ3v) is 15.3. The molecule has 0 aliphatic heterocycles. The maximum absolute atomic E-state index is 2.53. The Morgan fingerprint density at radius 3 is 1.32 bits per heavy atom. The minimum absolute atomic E-state index is 0.616. The molecule has 1 aliphatic rings. The van der Waals surface area contributed by atoms with E-state index in [0.29, 0.717) is 0 Å². The molecule has 1 nitrogen and oxygen atoms in total. The van der Waals surface area contributed by atoms with E-state index in [1.165, 1.54) is 81.4 Å². The van der Waals surface area contributed by atoms with Crippen molar-refractivity contribution in [1.29, 1.82) is 0 Å². The summed E-state index contributed by atoms with van der Waals surface area (Å²) >= 11 is 1.86. The lowest BCUT2D eigenvalue weighted by atomic mass is 9.67. The zero-order chi connectivity index (χ0) is 45.7. The largest absolute Gasteiger partial charge is 0.310 e. The summed E-state index contributed by atoms with van der Waals surface area (Å²) in [6, 6.07) is 101. The molecule has 0 bridgehead atoms. The van der Waals surface area contributed by atoms with Gasteiger partial charge in [-0.3, -0.25) is 0 Å². The molecule has 0 spiro atoms. The number of nitrogens with zero attached hydrogens (tertiary/aromatic N) is 1. The Morgan fingerprint density at radius 2 is 0.696 bits per heavy atom. The van der Waals surface area contributed by atoms with Gasteiger partial charge in [0.1, 0.15) is 0 Å². The van der Waals surface area contributed by atoms with Crippen molar-refractivity contribution in [2.45, 2.75) is 5.41 Å². The van der Waals surface area contributed by atoms with Gasteiger partial charge in [0.25, 0.3) is 0 Å². The van der Waals surface area contributed by atoms with Crippen LogP contribution >= 0.6 is 11.3 Å². The van der Waals surface area contributed by atoms with Crippen LogP contribution in [0.2, 0.25) is 0 Å². The van der Waals surface area contributed by atoms with Crippen molar-refractivity contribution in [3.8, 4) is 55.6 Å². The summed E-state index contributed by atoms with van der Waals surface area (Å²) in [5.74, 6) is 0. The summed E-state index contributed by atoms with van der Waals surface area (Å²) in [5.41, 5.74) is 19.7. The predicted octanol–water partition coefficient (Wildman–Crippen LogP) is 18.6. The van der Waals surface area contributed by atoms with Crippen LogP contribution in [0, 0.1) is 0 Å². The lowest BCUT2D eigenvalue weighted by Crippen LogP contribution is -2.28. The van der Waals surface area contributed by atoms with E-state index in [1.54, 1.807) is 0 Å². The van der Waals surface area contributed by atoms with Gasteiger partial charge < -0.3 is 4.90 Å². The van der Waals surface area contributed by atoms with Crippen LogP contribution in [0.3, 0.4) is 0 Å². The molecule has 0 fully saturated rings. The van der Waals surface area contributed by atoms with Gasteiger partial charge in [-0.05, 0) is 121 Å². The van der Waals surface area contributed by atoms with Crippen molar-refractivity contribution in [1.82, 2.24) is 0 Å². The Hall–Kier alpha value is -8.56. The highest BCUT2D eigenvalue weighted by atomic mass is 32.1. The quantitative estimate of drug-likeness (QED) is 0.140. The third-order valence-electron chi connectivity index (χ3n) is 14.2. The van der Waals surface area contributed by atoms with Gasteiger partial charge >= 0.3 is 0 Å². The molecule has 13 rings (SSSR count). The second-order valence-electron chi connectivity index (χ2n) is 18.0. The van der Waals surface area contributed by atoms with E-state index in [1.807, 2.05) is 11.3 Å². The SMILES string of the molecule is c1ccc(-c2ccc(-c3ccc(-c4ccccc4)cc3N(c3ccc4c(c3)C(c3ccccc3)(c3ccccc3)c3cc(-c5ccccc5)ccc3-4)c3ccc4sc5ccccc5c4c3)cc2)cc1. The van der Waals surface area contributed by atoms with Crippen LogP contribution in [0.15, 0.2) is 273 Å². The first-order valence-electron chi connectivity index (χ1n) is 23.7. The summed E-state index contributed by atoms with van der Waals surface area (Å²) in [6.45, 7) is 0. The van der Waals surface area contributed by atoms with E-state index in [0.717, 1.165) is 33.8 Å². The van der Waals surface area contributed by atoms with Crippen LogP contribution in [0.1, 0.15) is 22.3 Å². The first kappa shape index (κ1) is 40.7. The number of hydrogen-bond acceptors (Lipinski definition) is 2. The van der Waals surface area contributed by atoms with Crippen molar-refractivity contribution >= 4 is 48.6 Å². The van der Waals surface area contributed by atoms with Crippen molar-refractivity contribution in [2.24, 2.45) is 0 Å². The van der Waals surface area contributed by atoms with E-state index < -0.39 is 5.41 Å². The number of thiophene rings is 1. The number of rotatable bonds is 9. The molecule has 2 heteroatoms. The molecule has 0 unspecified atom stereocenters. The molecule has 0 saturated heterocycles. The number of fused-ring (bicyclic) bond motifs is 6. The first-order valence-corrected chi connectivity index (χ1v) is 24.5. The van der Waals surface area contributed by atoms with E-state index in [2.05, 4.69) is 278 Å². The second kappa shape index (κ2) is 16.9. The molecule has 69 heavy (non-hydrogen) atoms. The first-order chi connectivity index (χ1) is 34.2. The van der Waals surface area contributed by atoms with E-state index >= 15 is 0 Å². The molecule has 0 radical (unpaired) electrons. The highest BCUT2D eigenvalue weighted by Gasteiger charge is 2.46. The van der Waals surface area contributed by atoms with Crippen LogP contribution < -0.4 is 4.90 Å². The topological polar surface area (TPSA) is 3.24 Å².